The Morgan fingerprint density at radius 1 is 1.28 bits per heavy atom. The molecule has 9 heteroatoms. The van der Waals surface area contributed by atoms with E-state index in [4.69, 9.17) is 0 Å². The van der Waals surface area contributed by atoms with Crippen LogP contribution >= 0.6 is 27.3 Å². The molecule has 126 valence electrons. The fraction of sp³-hybridized carbons (Fsp3) is 0. The monoisotopic (exact) mass is 419 g/mol. The van der Waals surface area contributed by atoms with Crippen LogP contribution in [0.5, 0.6) is 5.75 Å². The van der Waals surface area contributed by atoms with Gasteiger partial charge in [-0.25, -0.2) is 5.43 Å². The first-order chi connectivity index (χ1) is 11.9. The highest BCUT2D eigenvalue weighted by Crippen LogP contribution is 2.29. The third-order valence-corrected chi connectivity index (χ3v) is 4.90. The van der Waals surface area contributed by atoms with E-state index < -0.39 is 10.8 Å². The molecule has 0 fully saturated rings. The van der Waals surface area contributed by atoms with Crippen molar-refractivity contribution in [3.63, 3.8) is 0 Å². The summed E-state index contributed by atoms with van der Waals surface area (Å²) in [4.78, 5) is 22.9. The van der Waals surface area contributed by atoms with Crippen LogP contribution in [0, 0.1) is 10.1 Å². The van der Waals surface area contributed by atoms with E-state index in [-0.39, 0.29) is 11.4 Å². The van der Waals surface area contributed by atoms with Crippen molar-refractivity contribution >= 4 is 55.2 Å². The number of carbonyl (C=O) groups excluding carboxylic acids is 1. The summed E-state index contributed by atoms with van der Waals surface area (Å²) in [7, 11) is 0. The number of nitrogens with zero attached hydrogens (tertiary/aromatic N) is 2. The molecule has 2 N–H and O–H groups in total. The van der Waals surface area contributed by atoms with Gasteiger partial charge in [0.1, 0.15) is 5.75 Å². The highest BCUT2D eigenvalue weighted by molar-refractivity contribution is 9.10. The number of hydrogen-bond acceptors (Lipinski definition) is 6. The summed E-state index contributed by atoms with van der Waals surface area (Å²) < 4.78 is 1.54. The molecule has 0 unspecified atom stereocenters. The lowest BCUT2D eigenvalue weighted by Gasteiger charge is -1.99. The molecule has 0 aliphatic carbocycles. The zero-order valence-corrected chi connectivity index (χ0v) is 14.9. The molecule has 2 aromatic carbocycles. The maximum atomic E-state index is 12.2. The lowest BCUT2D eigenvalue weighted by Crippen LogP contribution is -2.16. The standard InChI is InChI=1S/C16H10BrN3O4S/c17-11-1-3-13(21)10(5-11)8-18-19-16(22)15-7-9-6-12(20(23)24)2-4-14(9)25-15/h1-8,21H,(H,19,22)/b18-8+. The summed E-state index contributed by atoms with van der Waals surface area (Å²) in [6.07, 6.45) is 1.33. The smallest absolute Gasteiger partial charge is 0.281 e. The first-order valence-electron chi connectivity index (χ1n) is 6.94. The Labute approximate surface area is 153 Å². The predicted octanol–water partition coefficient (Wildman–Crippen LogP) is 4.04. The zero-order valence-electron chi connectivity index (χ0n) is 12.5. The molecule has 0 atom stereocenters. The zero-order chi connectivity index (χ0) is 18.0. The molecule has 7 nitrogen and oxygen atoms in total. The van der Waals surface area contributed by atoms with Gasteiger partial charge in [0, 0.05) is 32.3 Å². The molecule has 25 heavy (non-hydrogen) atoms. The quantitative estimate of drug-likeness (QED) is 0.378. The van der Waals surface area contributed by atoms with E-state index in [1.807, 2.05) is 0 Å². The van der Waals surface area contributed by atoms with Gasteiger partial charge < -0.3 is 5.11 Å². The average molecular weight is 420 g/mol. The Morgan fingerprint density at radius 3 is 2.84 bits per heavy atom. The maximum Gasteiger partial charge on any atom is 0.281 e. The number of aromatic hydroxyl groups is 1. The van der Waals surface area contributed by atoms with Crippen LogP contribution in [0.3, 0.4) is 0 Å². The Balaban J connectivity index is 1.77. The molecule has 0 bridgehead atoms. The number of carbonyl (C=O) groups is 1. The van der Waals surface area contributed by atoms with Crippen molar-refractivity contribution in [1.29, 1.82) is 0 Å². The van der Waals surface area contributed by atoms with Crippen LogP contribution in [-0.4, -0.2) is 22.2 Å². The number of hydrogen-bond donors (Lipinski definition) is 2. The number of non-ortho nitro benzene ring substituents is 1. The highest BCUT2D eigenvalue weighted by atomic mass is 79.9. The number of nitro groups is 1. The molecule has 0 spiro atoms. The molecular weight excluding hydrogens is 410 g/mol. The number of nitro benzene ring substituents is 1. The summed E-state index contributed by atoms with van der Waals surface area (Å²) >= 11 is 4.50. The summed E-state index contributed by atoms with van der Waals surface area (Å²) in [6.45, 7) is 0. The largest absolute Gasteiger partial charge is 0.507 e. The van der Waals surface area contributed by atoms with E-state index in [2.05, 4.69) is 26.5 Å². The number of hydrazone groups is 1. The van der Waals surface area contributed by atoms with Gasteiger partial charge in [-0.15, -0.1) is 11.3 Å². The number of nitrogens with one attached hydrogen (secondary N) is 1. The Bertz CT molecular complexity index is 1020. The molecule has 0 aliphatic rings. The highest BCUT2D eigenvalue weighted by Gasteiger charge is 2.13. The Kier molecular flexibility index (Phi) is 4.77. The van der Waals surface area contributed by atoms with Gasteiger partial charge in [-0.3, -0.25) is 14.9 Å². The topological polar surface area (TPSA) is 105 Å². The van der Waals surface area contributed by atoms with E-state index >= 15 is 0 Å². The average Bonchev–Trinajstić information content (AvgIpc) is 3.01. The van der Waals surface area contributed by atoms with Crippen LogP contribution in [0.15, 0.2) is 52.0 Å². The van der Waals surface area contributed by atoms with E-state index in [9.17, 15) is 20.0 Å². The van der Waals surface area contributed by atoms with Gasteiger partial charge >= 0.3 is 0 Å². The fourth-order valence-corrected chi connectivity index (χ4v) is 3.41. The van der Waals surface area contributed by atoms with Crippen molar-refractivity contribution in [2.45, 2.75) is 0 Å². The first-order valence-corrected chi connectivity index (χ1v) is 8.55. The number of phenolic OH excluding ortho intramolecular Hbond substituents is 1. The Morgan fingerprint density at radius 2 is 2.08 bits per heavy atom. The van der Waals surface area contributed by atoms with Crippen LogP contribution in [0.1, 0.15) is 15.2 Å². The molecule has 0 saturated carbocycles. The molecular formula is C16H10BrN3O4S. The number of fused-ring (bicyclic) bond motifs is 1. The Hall–Kier alpha value is -2.78. The van der Waals surface area contributed by atoms with Gasteiger partial charge in [-0.05, 0) is 30.3 Å². The number of thiophene rings is 1. The lowest BCUT2D eigenvalue weighted by molar-refractivity contribution is -0.384. The molecule has 0 aliphatic heterocycles. The van der Waals surface area contributed by atoms with Crippen LogP contribution < -0.4 is 5.43 Å². The van der Waals surface area contributed by atoms with E-state index in [0.29, 0.717) is 15.8 Å². The second-order valence-corrected chi connectivity index (χ2v) is 6.99. The van der Waals surface area contributed by atoms with Crippen molar-refractivity contribution in [3.05, 3.63) is 67.5 Å². The van der Waals surface area contributed by atoms with Crippen LogP contribution in [0.2, 0.25) is 0 Å². The molecule has 0 saturated heterocycles. The minimum atomic E-state index is -0.481. The second-order valence-electron chi connectivity index (χ2n) is 4.99. The van der Waals surface area contributed by atoms with Gasteiger partial charge in [0.25, 0.3) is 11.6 Å². The molecule has 0 radical (unpaired) electrons. The van der Waals surface area contributed by atoms with Crippen LogP contribution in [0.25, 0.3) is 10.1 Å². The molecule has 3 rings (SSSR count). The SMILES string of the molecule is O=C(N/N=C/c1cc(Br)ccc1O)c1cc2cc([N+](=O)[O-])ccc2s1. The number of amides is 1. The van der Waals surface area contributed by atoms with Crippen molar-refractivity contribution in [2.24, 2.45) is 5.10 Å². The predicted molar refractivity (Wildman–Crippen MR) is 99.3 cm³/mol. The molecule has 3 aromatic rings. The normalized spacial score (nSPS) is 11.1. The summed E-state index contributed by atoms with van der Waals surface area (Å²) in [6, 6.07) is 10.9. The van der Waals surface area contributed by atoms with Crippen molar-refractivity contribution in [1.82, 2.24) is 5.43 Å². The third kappa shape index (κ3) is 3.83. The molecule has 1 aromatic heterocycles. The number of phenols is 1. The molecule has 1 amide bonds. The van der Waals surface area contributed by atoms with E-state index in [1.54, 1.807) is 24.3 Å². The first kappa shape index (κ1) is 17.1. The van der Waals surface area contributed by atoms with E-state index in [0.717, 1.165) is 9.17 Å². The lowest BCUT2D eigenvalue weighted by atomic mass is 10.2. The fourth-order valence-electron chi connectivity index (χ4n) is 2.10. The minimum absolute atomic E-state index is 0.0274. The third-order valence-electron chi connectivity index (χ3n) is 3.29. The van der Waals surface area contributed by atoms with Gasteiger partial charge in [-0.2, -0.15) is 5.10 Å². The van der Waals surface area contributed by atoms with E-state index in [1.165, 1.54) is 35.8 Å². The van der Waals surface area contributed by atoms with Gasteiger partial charge in [0.2, 0.25) is 0 Å². The minimum Gasteiger partial charge on any atom is -0.507 e. The van der Waals surface area contributed by atoms with Crippen LogP contribution in [-0.2, 0) is 0 Å². The maximum absolute atomic E-state index is 12.2. The van der Waals surface area contributed by atoms with Gasteiger partial charge in [0.05, 0.1) is 16.0 Å². The van der Waals surface area contributed by atoms with Crippen molar-refractivity contribution < 1.29 is 14.8 Å². The number of benzene rings is 2. The van der Waals surface area contributed by atoms with Gasteiger partial charge in [0.15, 0.2) is 0 Å². The second kappa shape index (κ2) is 6.99. The number of halogens is 1. The van der Waals surface area contributed by atoms with Crippen molar-refractivity contribution in [2.75, 3.05) is 0 Å². The summed E-state index contributed by atoms with van der Waals surface area (Å²) in [5, 5.41) is 25.0. The number of rotatable bonds is 4. The summed E-state index contributed by atoms with van der Waals surface area (Å²) in [5.41, 5.74) is 2.79. The van der Waals surface area contributed by atoms with Crippen molar-refractivity contribution in [3.8, 4) is 5.75 Å². The van der Waals surface area contributed by atoms with Gasteiger partial charge in [-0.1, -0.05) is 15.9 Å². The van der Waals surface area contributed by atoms with Crippen LogP contribution in [0.4, 0.5) is 5.69 Å². The summed E-state index contributed by atoms with van der Waals surface area (Å²) in [5.74, 6) is -0.398. The molecule has 1 heterocycles.